The Kier molecular flexibility index (Phi) is 9.84. The first-order valence-electron chi connectivity index (χ1n) is 10.5. The van der Waals surface area contributed by atoms with Gasteiger partial charge in [0.05, 0.1) is 25.2 Å². The van der Waals surface area contributed by atoms with E-state index in [2.05, 4.69) is 5.32 Å². The maximum Gasteiger partial charge on any atom is 0.407 e. The Morgan fingerprint density at radius 3 is 2.45 bits per heavy atom. The molecule has 0 aliphatic rings. The lowest BCUT2D eigenvalue weighted by atomic mass is 10.0. The van der Waals surface area contributed by atoms with Crippen LogP contribution in [0.5, 0.6) is 5.75 Å². The summed E-state index contributed by atoms with van der Waals surface area (Å²) in [6.07, 6.45) is -0.363. The third-order valence-corrected chi connectivity index (χ3v) is 4.32. The molecule has 0 saturated heterocycles. The van der Waals surface area contributed by atoms with Crippen molar-refractivity contribution in [2.45, 2.75) is 59.0 Å². The Balaban J connectivity index is 1.86. The maximum atomic E-state index is 12.0. The Hall–Kier alpha value is -3.06. The van der Waals surface area contributed by atoms with Gasteiger partial charge in [-0.1, -0.05) is 43.3 Å². The van der Waals surface area contributed by atoms with Crippen molar-refractivity contribution >= 4 is 12.1 Å². The zero-order valence-corrected chi connectivity index (χ0v) is 18.3. The second-order valence-electron chi connectivity index (χ2n) is 7.44. The van der Waals surface area contributed by atoms with Gasteiger partial charge in [0.2, 0.25) is 0 Å². The van der Waals surface area contributed by atoms with E-state index in [0.717, 1.165) is 28.9 Å². The summed E-state index contributed by atoms with van der Waals surface area (Å²) in [5, 5.41) is 11.9. The number of carbonyl (C=O) groups excluding carboxylic acids is 1. The molecule has 1 amide bonds. The fourth-order valence-corrected chi connectivity index (χ4v) is 2.91. The molecule has 0 fully saturated rings. The maximum absolute atomic E-state index is 12.0. The summed E-state index contributed by atoms with van der Waals surface area (Å²) >= 11 is 0. The fraction of sp³-hybridized carbons (Fsp3) is 0.417. The number of amides is 1. The first-order valence-corrected chi connectivity index (χ1v) is 10.5. The molecular formula is C24H31NO6. The van der Waals surface area contributed by atoms with Crippen molar-refractivity contribution in [3.63, 3.8) is 0 Å². The van der Waals surface area contributed by atoms with Gasteiger partial charge in [0.25, 0.3) is 0 Å². The van der Waals surface area contributed by atoms with Crippen molar-refractivity contribution in [2.75, 3.05) is 6.61 Å². The molecule has 7 heteroatoms. The van der Waals surface area contributed by atoms with E-state index in [-0.39, 0.29) is 25.7 Å². The standard InChI is InChI=1S/C24H31NO6/c1-4-12-29-21-10-8-18(9-11-21)16-30-24(28)25-15-19-6-5-7-20(13-19)22(14-23(26)27)31-17(2)3/h5-11,13,17,22H,4,12,14-16H2,1-3H3,(H,25,28)(H,26,27)/t22-/m0/s1. The molecule has 7 nitrogen and oxygen atoms in total. The summed E-state index contributed by atoms with van der Waals surface area (Å²) in [7, 11) is 0. The summed E-state index contributed by atoms with van der Waals surface area (Å²) in [6.45, 7) is 6.86. The Morgan fingerprint density at radius 1 is 1.06 bits per heavy atom. The molecular weight excluding hydrogens is 398 g/mol. The zero-order chi connectivity index (χ0) is 22.6. The number of benzene rings is 2. The number of carboxylic acid groups (broad SMARTS) is 1. The van der Waals surface area contributed by atoms with Gasteiger partial charge in [0, 0.05) is 6.54 Å². The van der Waals surface area contributed by atoms with Crippen LogP contribution in [0.1, 0.15) is 56.4 Å². The van der Waals surface area contributed by atoms with E-state index in [1.807, 2.05) is 69.3 Å². The first kappa shape index (κ1) is 24.2. The lowest BCUT2D eigenvalue weighted by Crippen LogP contribution is -2.23. The molecule has 31 heavy (non-hydrogen) atoms. The number of nitrogens with one attached hydrogen (secondary N) is 1. The van der Waals surface area contributed by atoms with Crippen LogP contribution in [0.3, 0.4) is 0 Å². The summed E-state index contributed by atoms with van der Waals surface area (Å²) in [4.78, 5) is 23.2. The van der Waals surface area contributed by atoms with E-state index in [4.69, 9.17) is 19.3 Å². The third kappa shape index (κ3) is 9.09. The number of alkyl carbamates (subject to hydrolysis) is 1. The van der Waals surface area contributed by atoms with Crippen LogP contribution >= 0.6 is 0 Å². The highest BCUT2D eigenvalue weighted by molar-refractivity contribution is 5.68. The van der Waals surface area contributed by atoms with Gasteiger partial charge in [0.1, 0.15) is 12.4 Å². The lowest BCUT2D eigenvalue weighted by Gasteiger charge is -2.20. The molecule has 0 aromatic heterocycles. The molecule has 0 spiro atoms. The minimum atomic E-state index is -0.928. The van der Waals surface area contributed by atoms with Gasteiger partial charge in [0.15, 0.2) is 0 Å². The SMILES string of the molecule is CCCOc1ccc(COC(=O)NCc2cccc([C@H](CC(=O)O)OC(C)C)c2)cc1. The van der Waals surface area contributed by atoms with Crippen LogP contribution in [0.25, 0.3) is 0 Å². The Morgan fingerprint density at radius 2 is 1.81 bits per heavy atom. The van der Waals surface area contributed by atoms with E-state index in [9.17, 15) is 9.59 Å². The van der Waals surface area contributed by atoms with E-state index in [1.165, 1.54) is 0 Å². The monoisotopic (exact) mass is 429 g/mol. The highest BCUT2D eigenvalue weighted by Gasteiger charge is 2.18. The van der Waals surface area contributed by atoms with Crippen LogP contribution in [-0.4, -0.2) is 29.9 Å². The van der Waals surface area contributed by atoms with Crippen molar-refractivity contribution in [3.8, 4) is 5.75 Å². The number of ether oxygens (including phenoxy) is 3. The lowest BCUT2D eigenvalue weighted by molar-refractivity contribution is -0.141. The molecule has 0 aliphatic carbocycles. The molecule has 0 saturated carbocycles. The van der Waals surface area contributed by atoms with E-state index >= 15 is 0 Å². The predicted octanol–water partition coefficient (Wildman–Crippen LogP) is 4.84. The van der Waals surface area contributed by atoms with E-state index in [0.29, 0.717) is 6.61 Å². The second kappa shape index (κ2) is 12.6. The normalized spacial score (nSPS) is 11.7. The fourth-order valence-electron chi connectivity index (χ4n) is 2.91. The molecule has 168 valence electrons. The van der Waals surface area contributed by atoms with Gasteiger partial charge in [-0.3, -0.25) is 4.79 Å². The number of carbonyl (C=O) groups is 2. The quantitative estimate of drug-likeness (QED) is 0.501. The number of carboxylic acids is 1. The molecule has 0 radical (unpaired) electrons. The van der Waals surface area contributed by atoms with Crippen molar-refractivity contribution < 1.29 is 28.9 Å². The molecule has 0 bridgehead atoms. The molecule has 2 N–H and O–H groups in total. The van der Waals surface area contributed by atoms with Crippen LogP contribution in [0.4, 0.5) is 4.79 Å². The van der Waals surface area contributed by atoms with Crippen molar-refractivity contribution in [1.29, 1.82) is 0 Å². The minimum absolute atomic E-state index is 0.103. The van der Waals surface area contributed by atoms with E-state index < -0.39 is 18.2 Å². The van der Waals surface area contributed by atoms with Crippen molar-refractivity contribution in [1.82, 2.24) is 5.32 Å². The van der Waals surface area contributed by atoms with Crippen molar-refractivity contribution in [3.05, 3.63) is 65.2 Å². The Bertz CT molecular complexity index is 834. The molecule has 2 aromatic rings. The highest BCUT2D eigenvalue weighted by atomic mass is 16.5. The largest absolute Gasteiger partial charge is 0.494 e. The molecule has 2 aromatic carbocycles. The topological polar surface area (TPSA) is 94.1 Å². The highest BCUT2D eigenvalue weighted by Crippen LogP contribution is 2.24. The smallest absolute Gasteiger partial charge is 0.407 e. The van der Waals surface area contributed by atoms with Crippen LogP contribution in [0.2, 0.25) is 0 Å². The molecule has 2 rings (SSSR count). The second-order valence-corrected chi connectivity index (χ2v) is 7.44. The summed E-state index contributed by atoms with van der Waals surface area (Å²) in [5.41, 5.74) is 2.45. The van der Waals surface area contributed by atoms with Gasteiger partial charge in [-0.05, 0) is 49.1 Å². The van der Waals surface area contributed by atoms with Crippen LogP contribution in [0, 0.1) is 0 Å². The average Bonchev–Trinajstić information content (AvgIpc) is 2.74. The van der Waals surface area contributed by atoms with Gasteiger partial charge in [-0.25, -0.2) is 4.79 Å². The molecule has 0 aliphatic heterocycles. The van der Waals surface area contributed by atoms with Gasteiger partial charge >= 0.3 is 12.1 Å². The third-order valence-electron chi connectivity index (χ3n) is 4.32. The average molecular weight is 430 g/mol. The number of hydrogen-bond donors (Lipinski definition) is 2. The van der Waals surface area contributed by atoms with Crippen LogP contribution in [0.15, 0.2) is 48.5 Å². The summed E-state index contributed by atoms with van der Waals surface area (Å²) in [6, 6.07) is 14.8. The summed E-state index contributed by atoms with van der Waals surface area (Å²) in [5.74, 6) is -0.139. The Labute approximate surface area is 183 Å². The molecule has 0 unspecified atom stereocenters. The number of aliphatic carboxylic acids is 1. The van der Waals surface area contributed by atoms with Gasteiger partial charge in [-0.15, -0.1) is 0 Å². The number of hydrogen-bond acceptors (Lipinski definition) is 5. The van der Waals surface area contributed by atoms with Crippen molar-refractivity contribution in [2.24, 2.45) is 0 Å². The zero-order valence-electron chi connectivity index (χ0n) is 18.3. The van der Waals surface area contributed by atoms with Crippen LogP contribution in [-0.2, 0) is 27.4 Å². The summed E-state index contributed by atoms with van der Waals surface area (Å²) < 4.78 is 16.5. The van der Waals surface area contributed by atoms with Gasteiger partial charge < -0.3 is 24.6 Å². The van der Waals surface area contributed by atoms with E-state index in [1.54, 1.807) is 0 Å². The molecule has 0 heterocycles. The number of rotatable bonds is 12. The van der Waals surface area contributed by atoms with Gasteiger partial charge in [-0.2, -0.15) is 0 Å². The first-order chi connectivity index (χ1) is 14.9. The predicted molar refractivity (Wildman–Crippen MR) is 117 cm³/mol. The minimum Gasteiger partial charge on any atom is -0.494 e. The molecule has 1 atom stereocenters. The van der Waals surface area contributed by atoms with Crippen LogP contribution < -0.4 is 10.1 Å².